The first kappa shape index (κ1) is 31.8. The standard InChI is InChI=1S/C36H40FN3O5/c1-5-40(6-2)30-21-31-28(32(35(42)38-4)33(45-31)22-15-17-25(37)18-16-22)20-27(30)23-11-10-12-24(19-23)34(41)39-29-14-9-8-13-26(29)36(43)44-7-3/h10-12,15-21,26,29H,5-9,13-14H2,1-4H3,(H,38,42)(H,39,41)/t26-,29-/m0/s1. The fraction of sp³-hybridized carbons (Fsp3) is 0.361. The molecule has 1 heterocycles. The van der Waals surface area contributed by atoms with Gasteiger partial charge in [0, 0.05) is 60.0 Å². The molecule has 1 aliphatic carbocycles. The van der Waals surface area contributed by atoms with Crippen LogP contribution in [0.5, 0.6) is 0 Å². The molecule has 0 bridgehead atoms. The summed E-state index contributed by atoms with van der Waals surface area (Å²) in [6.07, 6.45) is 3.27. The monoisotopic (exact) mass is 613 g/mol. The maximum atomic E-state index is 13.7. The number of hydrogen-bond acceptors (Lipinski definition) is 6. The van der Waals surface area contributed by atoms with E-state index in [1.165, 1.54) is 12.1 Å². The van der Waals surface area contributed by atoms with Crippen molar-refractivity contribution < 1.29 is 27.9 Å². The van der Waals surface area contributed by atoms with Gasteiger partial charge in [-0.2, -0.15) is 0 Å². The van der Waals surface area contributed by atoms with Crippen LogP contribution in [-0.2, 0) is 9.53 Å². The van der Waals surface area contributed by atoms with Crippen molar-refractivity contribution in [2.75, 3.05) is 31.6 Å². The first-order valence-electron chi connectivity index (χ1n) is 15.7. The van der Waals surface area contributed by atoms with Crippen molar-refractivity contribution in [2.45, 2.75) is 52.5 Å². The molecule has 0 spiro atoms. The number of rotatable bonds is 10. The van der Waals surface area contributed by atoms with Gasteiger partial charge in [0.1, 0.15) is 17.2 Å². The molecule has 1 aliphatic rings. The minimum atomic E-state index is -0.383. The lowest BCUT2D eigenvalue weighted by Crippen LogP contribution is -2.45. The summed E-state index contributed by atoms with van der Waals surface area (Å²) in [5.74, 6) is -1.24. The van der Waals surface area contributed by atoms with Crippen molar-refractivity contribution in [3.8, 4) is 22.5 Å². The number of ether oxygens (including phenoxy) is 1. The highest BCUT2D eigenvalue weighted by atomic mass is 19.1. The maximum absolute atomic E-state index is 13.7. The van der Waals surface area contributed by atoms with Gasteiger partial charge in [-0.1, -0.05) is 25.0 Å². The smallest absolute Gasteiger partial charge is 0.311 e. The SMILES string of the molecule is CCOC(=O)[C@H]1CCCC[C@@H]1NC(=O)c1cccc(-c2cc3c(C(=O)NC)c(-c4ccc(F)cc4)oc3cc2N(CC)CC)c1. The van der Waals surface area contributed by atoms with E-state index in [9.17, 15) is 18.8 Å². The summed E-state index contributed by atoms with van der Waals surface area (Å²) in [6, 6.07) is 16.8. The first-order chi connectivity index (χ1) is 21.8. The molecule has 5 rings (SSSR count). The Balaban J connectivity index is 1.59. The van der Waals surface area contributed by atoms with Crippen molar-refractivity contribution in [2.24, 2.45) is 5.92 Å². The second-order valence-corrected chi connectivity index (χ2v) is 11.2. The van der Waals surface area contributed by atoms with Crippen LogP contribution in [0.25, 0.3) is 33.4 Å². The number of nitrogens with one attached hydrogen (secondary N) is 2. The molecule has 1 aromatic heterocycles. The number of halogens is 1. The molecule has 2 N–H and O–H groups in total. The van der Waals surface area contributed by atoms with Crippen LogP contribution in [0.15, 0.2) is 65.1 Å². The minimum Gasteiger partial charge on any atom is -0.466 e. The third-order valence-corrected chi connectivity index (χ3v) is 8.58. The van der Waals surface area contributed by atoms with Gasteiger partial charge in [0.05, 0.1) is 18.1 Å². The predicted octanol–water partition coefficient (Wildman–Crippen LogP) is 6.96. The number of fused-ring (bicyclic) bond motifs is 1. The summed E-state index contributed by atoms with van der Waals surface area (Å²) in [5, 5.41) is 6.42. The normalized spacial score (nSPS) is 16.3. The number of esters is 1. The Morgan fingerprint density at radius 3 is 2.36 bits per heavy atom. The fourth-order valence-corrected chi connectivity index (χ4v) is 6.26. The van der Waals surface area contributed by atoms with Crippen LogP contribution in [0.3, 0.4) is 0 Å². The minimum absolute atomic E-state index is 0.253. The maximum Gasteiger partial charge on any atom is 0.311 e. The Morgan fingerprint density at radius 2 is 1.67 bits per heavy atom. The van der Waals surface area contributed by atoms with Crippen LogP contribution >= 0.6 is 0 Å². The summed E-state index contributed by atoms with van der Waals surface area (Å²) >= 11 is 0. The Bertz CT molecular complexity index is 1690. The zero-order chi connectivity index (χ0) is 32.1. The fourth-order valence-electron chi connectivity index (χ4n) is 6.26. The Morgan fingerprint density at radius 1 is 0.933 bits per heavy atom. The second-order valence-electron chi connectivity index (χ2n) is 11.2. The number of anilines is 1. The van der Waals surface area contributed by atoms with E-state index >= 15 is 0 Å². The van der Waals surface area contributed by atoms with Crippen LogP contribution in [0.4, 0.5) is 10.1 Å². The zero-order valence-electron chi connectivity index (χ0n) is 26.2. The van der Waals surface area contributed by atoms with Crippen LogP contribution < -0.4 is 15.5 Å². The highest BCUT2D eigenvalue weighted by Crippen LogP contribution is 2.41. The molecule has 1 fully saturated rings. The summed E-state index contributed by atoms with van der Waals surface area (Å²) in [5.41, 5.74) is 4.45. The van der Waals surface area contributed by atoms with Crippen LogP contribution in [-0.4, -0.2) is 50.6 Å². The van der Waals surface area contributed by atoms with E-state index < -0.39 is 0 Å². The van der Waals surface area contributed by atoms with Crippen molar-refractivity contribution >= 4 is 34.4 Å². The molecule has 45 heavy (non-hydrogen) atoms. The van der Waals surface area contributed by atoms with Crippen LogP contribution in [0.1, 0.15) is 67.2 Å². The molecule has 236 valence electrons. The molecule has 0 aliphatic heterocycles. The van der Waals surface area contributed by atoms with Gasteiger partial charge in [-0.15, -0.1) is 0 Å². The topological polar surface area (TPSA) is 101 Å². The second kappa shape index (κ2) is 14.0. The molecule has 8 nitrogen and oxygen atoms in total. The number of carbonyl (C=O) groups is 3. The van der Waals surface area contributed by atoms with E-state index in [2.05, 4.69) is 29.4 Å². The van der Waals surface area contributed by atoms with Gasteiger partial charge in [0.25, 0.3) is 11.8 Å². The van der Waals surface area contributed by atoms with Crippen LogP contribution in [0.2, 0.25) is 0 Å². The number of benzene rings is 3. The lowest BCUT2D eigenvalue weighted by Gasteiger charge is -2.30. The molecule has 3 aromatic carbocycles. The van der Waals surface area contributed by atoms with Gasteiger partial charge in [0.15, 0.2) is 0 Å². The van der Waals surface area contributed by atoms with Crippen molar-refractivity contribution in [3.05, 3.63) is 77.6 Å². The highest BCUT2D eigenvalue weighted by Gasteiger charge is 2.33. The molecular formula is C36H40FN3O5. The summed E-state index contributed by atoms with van der Waals surface area (Å²) in [7, 11) is 1.56. The molecule has 4 aromatic rings. The van der Waals surface area contributed by atoms with Crippen molar-refractivity contribution in [3.63, 3.8) is 0 Å². The number of amides is 2. The average Bonchev–Trinajstić information content (AvgIpc) is 3.43. The lowest BCUT2D eigenvalue weighted by atomic mass is 9.84. The molecule has 2 atom stereocenters. The van der Waals surface area contributed by atoms with E-state index in [1.54, 1.807) is 32.2 Å². The molecule has 9 heteroatoms. The number of hydrogen-bond donors (Lipinski definition) is 2. The van der Waals surface area contributed by atoms with Gasteiger partial charge < -0.3 is 24.7 Å². The van der Waals surface area contributed by atoms with Gasteiger partial charge >= 0.3 is 5.97 Å². The number of furan rings is 1. The van der Waals surface area contributed by atoms with E-state index in [-0.39, 0.29) is 35.6 Å². The third kappa shape index (κ3) is 6.57. The largest absolute Gasteiger partial charge is 0.466 e. The van der Waals surface area contributed by atoms with E-state index in [0.29, 0.717) is 46.4 Å². The first-order valence-corrected chi connectivity index (χ1v) is 15.7. The molecular weight excluding hydrogens is 573 g/mol. The summed E-state index contributed by atoms with van der Waals surface area (Å²) in [6.45, 7) is 7.66. The van der Waals surface area contributed by atoms with Gasteiger partial charge in [-0.05, 0) is 81.6 Å². The predicted molar refractivity (Wildman–Crippen MR) is 174 cm³/mol. The number of carbonyl (C=O) groups excluding carboxylic acids is 3. The van der Waals surface area contributed by atoms with Gasteiger partial charge in [0.2, 0.25) is 0 Å². The molecule has 0 radical (unpaired) electrons. The Kier molecular flexibility index (Phi) is 9.86. The molecule has 0 unspecified atom stereocenters. The molecule has 0 saturated heterocycles. The lowest BCUT2D eigenvalue weighted by molar-refractivity contribution is -0.150. The Hall–Kier alpha value is -4.66. The van der Waals surface area contributed by atoms with Crippen molar-refractivity contribution in [1.82, 2.24) is 10.6 Å². The summed E-state index contributed by atoms with van der Waals surface area (Å²) in [4.78, 5) is 41.6. The van der Waals surface area contributed by atoms with Gasteiger partial charge in [-0.25, -0.2) is 4.39 Å². The highest BCUT2D eigenvalue weighted by molar-refractivity contribution is 6.13. The number of nitrogens with zero attached hydrogens (tertiary/aromatic N) is 1. The average molecular weight is 614 g/mol. The van der Waals surface area contributed by atoms with Crippen molar-refractivity contribution in [1.29, 1.82) is 0 Å². The van der Waals surface area contributed by atoms with E-state index in [4.69, 9.17) is 9.15 Å². The molecule has 2 amide bonds. The molecule has 1 saturated carbocycles. The van der Waals surface area contributed by atoms with Crippen LogP contribution in [0, 0.1) is 11.7 Å². The van der Waals surface area contributed by atoms with E-state index in [1.807, 2.05) is 30.3 Å². The van der Waals surface area contributed by atoms with E-state index in [0.717, 1.165) is 49.2 Å². The zero-order valence-corrected chi connectivity index (χ0v) is 26.2. The third-order valence-electron chi connectivity index (χ3n) is 8.58. The van der Waals surface area contributed by atoms with Gasteiger partial charge in [-0.3, -0.25) is 14.4 Å². The summed E-state index contributed by atoms with van der Waals surface area (Å²) < 4.78 is 25.3. The quantitative estimate of drug-likeness (QED) is 0.188. The Labute approximate surface area is 262 Å².